The first-order chi connectivity index (χ1) is 14.2. The van der Waals surface area contributed by atoms with Gasteiger partial charge in [-0.05, 0) is 49.6 Å². The van der Waals surface area contributed by atoms with E-state index in [0.717, 1.165) is 55.1 Å². The molecule has 3 nitrogen and oxygen atoms in total. The number of hydrogen-bond acceptors (Lipinski definition) is 3. The molecule has 0 bridgehead atoms. The molecule has 0 aliphatic carbocycles. The lowest BCUT2D eigenvalue weighted by molar-refractivity contribution is 0.226. The Kier molecular flexibility index (Phi) is 6.11. The number of rotatable bonds is 5. The first-order valence-corrected chi connectivity index (χ1v) is 10.2. The van der Waals surface area contributed by atoms with Gasteiger partial charge in [-0.25, -0.2) is 14.4 Å². The van der Waals surface area contributed by atoms with Gasteiger partial charge in [0, 0.05) is 30.8 Å². The largest absolute Gasteiger partial charge is 0.299 e. The number of aromatic nitrogens is 2. The Hall–Kier alpha value is -2.85. The number of hydrogen-bond donors (Lipinski definition) is 0. The van der Waals surface area contributed by atoms with Gasteiger partial charge >= 0.3 is 0 Å². The van der Waals surface area contributed by atoms with Crippen molar-refractivity contribution in [2.45, 2.75) is 25.7 Å². The minimum absolute atomic E-state index is 0.225. The second kappa shape index (κ2) is 9.10. The van der Waals surface area contributed by atoms with Crippen LogP contribution in [0.1, 0.15) is 35.8 Å². The van der Waals surface area contributed by atoms with E-state index in [1.54, 1.807) is 0 Å². The molecule has 29 heavy (non-hydrogen) atoms. The molecule has 0 unspecified atom stereocenters. The highest BCUT2D eigenvalue weighted by atomic mass is 19.1. The number of piperidine rings is 1. The highest BCUT2D eigenvalue weighted by Gasteiger charge is 2.25. The molecule has 4 heteroatoms. The third kappa shape index (κ3) is 4.96. The molecule has 1 aliphatic heterocycles. The predicted octanol–water partition coefficient (Wildman–Crippen LogP) is 5.48. The van der Waals surface area contributed by atoms with Crippen LogP contribution in [-0.4, -0.2) is 34.5 Å². The quantitative estimate of drug-likeness (QED) is 0.580. The van der Waals surface area contributed by atoms with Gasteiger partial charge in [0.05, 0.1) is 5.69 Å². The van der Waals surface area contributed by atoms with Crippen molar-refractivity contribution in [3.63, 3.8) is 0 Å². The van der Waals surface area contributed by atoms with Crippen LogP contribution < -0.4 is 0 Å². The number of benzene rings is 2. The van der Waals surface area contributed by atoms with E-state index < -0.39 is 0 Å². The molecule has 4 rings (SSSR count). The van der Waals surface area contributed by atoms with Gasteiger partial charge in [0.15, 0.2) is 0 Å². The molecule has 1 aromatic heterocycles. The second-order valence-corrected chi connectivity index (χ2v) is 7.63. The standard InChI is InChI=1S/C25H26FN3/c1-19-27-17-24(21-11-13-23(26)14-12-21)25(28-19)22-10-6-16-29(18-22)15-5-9-20-7-3-2-4-8-20/h2-5,7-9,11-14,17,22H,6,10,15-16,18H2,1H3/b9-5+/t22-/m1/s1. The van der Waals surface area contributed by atoms with Gasteiger partial charge in [0.2, 0.25) is 0 Å². The first-order valence-electron chi connectivity index (χ1n) is 10.2. The van der Waals surface area contributed by atoms with Crippen molar-refractivity contribution in [2.24, 2.45) is 0 Å². The summed E-state index contributed by atoms with van der Waals surface area (Å²) in [5, 5.41) is 0. The van der Waals surface area contributed by atoms with Gasteiger partial charge in [0.25, 0.3) is 0 Å². The van der Waals surface area contributed by atoms with Crippen molar-refractivity contribution in [2.75, 3.05) is 19.6 Å². The normalized spacial score (nSPS) is 17.7. The van der Waals surface area contributed by atoms with Crippen LogP contribution >= 0.6 is 0 Å². The van der Waals surface area contributed by atoms with Crippen molar-refractivity contribution in [3.05, 3.63) is 89.8 Å². The molecule has 0 radical (unpaired) electrons. The van der Waals surface area contributed by atoms with Gasteiger partial charge in [0.1, 0.15) is 11.6 Å². The molecule has 0 saturated carbocycles. The zero-order chi connectivity index (χ0) is 20.1. The Bertz CT molecular complexity index is 967. The van der Waals surface area contributed by atoms with E-state index in [0.29, 0.717) is 5.92 Å². The number of nitrogens with zero attached hydrogens (tertiary/aromatic N) is 3. The molecule has 1 saturated heterocycles. The van der Waals surface area contributed by atoms with E-state index in [-0.39, 0.29) is 5.82 Å². The third-order valence-electron chi connectivity index (χ3n) is 5.46. The fraction of sp³-hybridized carbons (Fsp3) is 0.280. The number of likely N-dealkylation sites (tertiary alicyclic amines) is 1. The van der Waals surface area contributed by atoms with Gasteiger partial charge < -0.3 is 0 Å². The van der Waals surface area contributed by atoms with E-state index in [4.69, 9.17) is 4.98 Å². The van der Waals surface area contributed by atoms with Gasteiger partial charge in [-0.3, -0.25) is 4.90 Å². The van der Waals surface area contributed by atoms with Crippen LogP contribution in [0.3, 0.4) is 0 Å². The fourth-order valence-electron chi connectivity index (χ4n) is 4.00. The van der Waals surface area contributed by atoms with Crippen molar-refractivity contribution in [3.8, 4) is 11.1 Å². The molecular formula is C25H26FN3. The highest BCUT2D eigenvalue weighted by Crippen LogP contribution is 2.33. The monoisotopic (exact) mass is 387 g/mol. The zero-order valence-corrected chi connectivity index (χ0v) is 16.8. The summed E-state index contributed by atoms with van der Waals surface area (Å²) in [6.07, 6.45) is 8.57. The topological polar surface area (TPSA) is 29.0 Å². The van der Waals surface area contributed by atoms with Crippen molar-refractivity contribution < 1.29 is 4.39 Å². The van der Waals surface area contributed by atoms with Crippen LogP contribution in [0, 0.1) is 12.7 Å². The Labute approximate surface area is 171 Å². The first kappa shape index (κ1) is 19.5. The maximum atomic E-state index is 13.4. The molecule has 2 aromatic carbocycles. The molecule has 148 valence electrons. The highest BCUT2D eigenvalue weighted by molar-refractivity contribution is 5.65. The lowest BCUT2D eigenvalue weighted by atomic mass is 9.90. The summed E-state index contributed by atoms with van der Waals surface area (Å²) in [5.41, 5.74) is 4.30. The summed E-state index contributed by atoms with van der Waals surface area (Å²) in [5.74, 6) is 0.917. The summed E-state index contributed by atoms with van der Waals surface area (Å²) in [6, 6.07) is 17.0. The molecule has 0 N–H and O–H groups in total. The third-order valence-corrected chi connectivity index (χ3v) is 5.46. The summed E-state index contributed by atoms with van der Waals surface area (Å²) in [7, 11) is 0. The number of aryl methyl sites for hydroxylation is 1. The van der Waals surface area contributed by atoms with E-state index in [9.17, 15) is 4.39 Å². The van der Waals surface area contributed by atoms with E-state index in [2.05, 4.69) is 46.3 Å². The average Bonchev–Trinajstić information content (AvgIpc) is 2.75. The summed E-state index contributed by atoms with van der Waals surface area (Å²) >= 11 is 0. The molecule has 0 spiro atoms. The van der Waals surface area contributed by atoms with Crippen LogP contribution in [0.25, 0.3) is 17.2 Å². The van der Waals surface area contributed by atoms with Crippen LogP contribution in [0.4, 0.5) is 4.39 Å². The molecule has 1 aliphatic rings. The van der Waals surface area contributed by atoms with Crippen molar-refractivity contribution in [1.82, 2.24) is 14.9 Å². The second-order valence-electron chi connectivity index (χ2n) is 7.63. The van der Waals surface area contributed by atoms with Crippen LogP contribution in [-0.2, 0) is 0 Å². The van der Waals surface area contributed by atoms with Crippen LogP contribution in [0.2, 0.25) is 0 Å². The summed E-state index contributed by atoms with van der Waals surface area (Å²) < 4.78 is 13.4. The molecule has 0 amide bonds. The van der Waals surface area contributed by atoms with Crippen molar-refractivity contribution in [1.29, 1.82) is 0 Å². The maximum absolute atomic E-state index is 13.4. The Morgan fingerprint density at radius 2 is 1.90 bits per heavy atom. The fourth-order valence-corrected chi connectivity index (χ4v) is 4.00. The number of halogens is 1. The molecule has 3 aromatic rings. The van der Waals surface area contributed by atoms with E-state index in [1.165, 1.54) is 17.7 Å². The van der Waals surface area contributed by atoms with Gasteiger partial charge in [-0.1, -0.05) is 54.6 Å². The van der Waals surface area contributed by atoms with Gasteiger partial charge in [-0.2, -0.15) is 0 Å². The molecular weight excluding hydrogens is 361 g/mol. The smallest absolute Gasteiger partial charge is 0.125 e. The van der Waals surface area contributed by atoms with E-state index >= 15 is 0 Å². The summed E-state index contributed by atoms with van der Waals surface area (Å²) in [4.78, 5) is 11.7. The average molecular weight is 388 g/mol. The molecule has 1 atom stereocenters. The summed E-state index contributed by atoms with van der Waals surface area (Å²) in [6.45, 7) is 4.94. The lowest BCUT2D eigenvalue weighted by Crippen LogP contribution is -2.35. The van der Waals surface area contributed by atoms with Crippen molar-refractivity contribution >= 4 is 6.08 Å². The Morgan fingerprint density at radius 3 is 2.69 bits per heavy atom. The van der Waals surface area contributed by atoms with E-state index in [1.807, 2.05) is 31.3 Å². The molecule has 2 heterocycles. The van der Waals surface area contributed by atoms with Crippen LogP contribution in [0.5, 0.6) is 0 Å². The zero-order valence-electron chi connectivity index (χ0n) is 16.8. The van der Waals surface area contributed by atoms with Crippen LogP contribution in [0.15, 0.2) is 66.9 Å². The lowest BCUT2D eigenvalue weighted by Gasteiger charge is -2.32. The van der Waals surface area contributed by atoms with Gasteiger partial charge in [-0.15, -0.1) is 0 Å². The predicted molar refractivity (Wildman–Crippen MR) is 116 cm³/mol. The minimum atomic E-state index is -0.225. The maximum Gasteiger partial charge on any atom is 0.125 e. The molecule has 1 fully saturated rings. The Balaban J connectivity index is 1.51. The SMILES string of the molecule is Cc1ncc(-c2ccc(F)cc2)c([C@@H]2CCCN(C/C=C/c3ccccc3)C2)n1. The Morgan fingerprint density at radius 1 is 1.10 bits per heavy atom. The minimum Gasteiger partial charge on any atom is -0.299 e.